The summed E-state index contributed by atoms with van der Waals surface area (Å²) in [6.45, 7) is 0.942. The Kier molecular flexibility index (Phi) is 2.80. The zero-order chi connectivity index (χ0) is 11.5. The molecular formula is C10H10FN3O2. The molecule has 0 unspecified atom stereocenters. The molecule has 2 rings (SSSR count). The Morgan fingerprint density at radius 1 is 1.50 bits per heavy atom. The molecule has 1 aliphatic heterocycles. The third kappa shape index (κ3) is 2.16. The molecule has 1 fully saturated rings. The van der Waals surface area contributed by atoms with Crippen LogP contribution in [0.5, 0.6) is 0 Å². The fraction of sp³-hybridized carbons (Fsp3) is 0.300. The van der Waals surface area contributed by atoms with E-state index in [9.17, 15) is 14.0 Å². The van der Waals surface area contributed by atoms with Crippen molar-refractivity contribution in [2.24, 2.45) is 0 Å². The fourth-order valence-corrected chi connectivity index (χ4v) is 1.50. The largest absolute Gasteiger partial charge is 0.353 e. The summed E-state index contributed by atoms with van der Waals surface area (Å²) in [7, 11) is 0. The Bertz CT molecular complexity index is 419. The highest BCUT2D eigenvalue weighted by molar-refractivity contribution is 5.96. The molecule has 1 aliphatic rings. The van der Waals surface area contributed by atoms with Crippen LogP contribution in [0, 0.1) is 5.95 Å². The molecule has 16 heavy (non-hydrogen) atoms. The molecule has 1 saturated heterocycles. The van der Waals surface area contributed by atoms with Gasteiger partial charge in [0.2, 0.25) is 11.9 Å². The lowest BCUT2D eigenvalue weighted by Crippen LogP contribution is -2.49. The van der Waals surface area contributed by atoms with Gasteiger partial charge in [0.05, 0.1) is 12.1 Å². The molecule has 0 aliphatic carbocycles. The number of piperazine rings is 1. The summed E-state index contributed by atoms with van der Waals surface area (Å²) in [5.74, 6) is -1.12. The molecule has 6 heteroatoms. The molecule has 5 nitrogen and oxygen atoms in total. The van der Waals surface area contributed by atoms with Gasteiger partial charge in [0.15, 0.2) is 0 Å². The number of carbonyl (C=O) groups excluding carboxylic acids is 2. The van der Waals surface area contributed by atoms with Crippen LogP contribution in [0.25, 0.3) is 0 Å². The molecule has 2 heterocycles. The number of nitrogens with one attached hydrogen (secondary N) is 1. The summed E-state index contributed by atoms with van der Waals surface area (Å²) < 4.78 is 12.6. The quantitative estimate of drug-likeness (QED) is 0.670. The van der Waals surface area contributed by atoms with Gasteiger partial charge in [-0.3, -0.25) is 9.59 Å². The zero-order valence-corrected chi connectivity index (χ0v) is 8.44. The van der Waals surface area contributed by atoms with E-state index in [0.717, 1.165) is 6.07 Å². The summed E-state index contributed by atoms with van der Waals surface area (Å²) in [6, 6.07) is 2.48. The van der Waals surface area contributed by atoms with Gasteiger partial charge in [0.1, 0.15) is 0 Å². The van der Waals surface area contributed by atoms with Crippen LogP contribution < -0.4 is 5.32 Å². The van der Waals surface area contributed by atoms with Crippen LogP contribution >= 0.6 is 0 Å². The lowest BCUT2D eigenvalue weighted by molar-refractivity contribution is -0.123. The van der Waals surface area contributed by atoms with Gasteiger partial charge in [-0.25, -0.2) is 4.98 Å². The topological polar surface area (TPSA) is 62.3 Å². The van der Waals surface area contributed by atoms with Crippen LogP contribution in [-0.4, -0.2) is 41.3 Å². The molecule has 0 aromatic carbocycles. The third-order valence-electron chi connectivity index (χ3n) is 2.30. The van der Waals surface area contributed by atoms with Crippen molar-refractivity contribution in [2.75, 3.05) is 19.6 Å². The van der Waals surface area contributed by atoms with Crippen molar-refractivity contribution < 1.29 is 14.0 Å². The zero-order valence-electron chi connectivity index (χ0n) is 8.44. The summed E-state index contributed by atoms with van der Waals surface area (Å²) in [5, 5.41) is 2.62. The molecule has 0 saturated carbocycles. The monoisotopic (exact) mass is 223 g/mol. The van der Waals surface area contributed by atoms with E-state index in [0.29, 0.717) is 13.1 Å². The van der Waals surface area contributed by atoms with E-state index in [1.54, 1.807) is 0 Å². The second-order valence-electron chi connectivity index (χ2n) is 3.45. The normalized spacial score (nSPS) is 15.8. The van der Waals surface area contributed by atoms with Gasteiger partial charge < -0.3 is 10.2 Å². The Morgan fingerprint density at radius 2 is 2.31 bits per heavy atom. The van der Waals surface area contributed by atoms with Crippen molar-refractivity contribution in [1.29, 1.82) is 0 Å². The number of aromatic nitrogens is 1. The van der Waals surface area contributed by atoms with E-state index in [2.05, 4.69) is 10.3 Å². The summed E-state index contributed by atoms with van der Waals surface area (Å²) in [5.41, 5.74) is 0.288. The lowest BCUT2D eigenvalue weighted by atomic mass is 10.2. The standard InChI is InChI=1S/C10H10FN3O2/c11-8-2-1-7(5-13-8)10(16)14-4-3-12-9(15)6-14/h1-2,5H,3-4,6H2,(H,12,15). The number of hydrogen-bond acceptors (Lipinski definition) is 3. The summed E-state index contributed by atoms with van der Waals surface area (Å²) in [4.78, 5) is 27.7. The van der Waals surface area contributed by atoms with Crippen molar-refractivity contribution in [3.05, 3.63) is 29.8 Å². The molecule has 1 aromatic heterocycles. The van der Waals surface area contributed by atoms with Crippen molar-refractivity contribution in [1.82, 2.24) is 15.2 Å². The highest BCUT2D eigenvalue weighted by Gasteiger charge is 2.22. The average molecular weight is 223 g/mol. The summed E-state index contributed by atoms with van der Waals surface area (Å²) >= 11 is 0. The van der Waals surface area contributed by atoms with Crippen LogP contribution in [0.1, 0.15) is 10.4 Å². The van der Waals surface area contributed by atoms with Gasteiger partial charge in [-0.2, -0.15) is 4.39 Å². The Hall–Kier alpha value is -1.98. The number of carbonyl (C=O) groups is 2. The first-order chi connectivity index (χ1) is 7.66. The van der Waals surface area contributed by atoms with E-state index >= 15 is 0 Å². The molecule has 0 bridgehead atoms. The van der Waals surface area contributed by atoms with Crippen LogP contribution in [0.15, 0.2) is 18.3 Å². The van der Waals surface area contributed by atoms with E-state index in [4.69, 9.17) is 0 Å². The second-order valence-corrected chi connectivity index (χ2v) is 3.45. The molecule has 84 valence electrons. The minimum Gasteiger partial charge on any atom is -0.353 e. The van der Waals surface area contributed by atoms with Crippen LogP contribution in [-0.2, 0) is 4.79 Å². The van der Waals surface area contributed by atoms with E-state index in [1.807, 2.05) is 0 Å². The minimum atomic E-state index is -0.632. The molecule has 0 spiro atoms. The molecular weight excluding hydrogens is 213 g/mol. The van der Waals surface area contributed by atoms with E-state index < -0.39 is 5.95 Å². The maximum absolute atomic E-state index is 12.6. The minimum absolute atomic E-state index is 0.0379. The molecule has 2 amide bonds. The van der Waals surface area contributed by atoms with Gasteiger partial charge in [-0.05, 0) is 12.1 Å². The highest BCUT2D eigenvalue weighted by atomic mass is 19.1. The van der Waals surface area contributed by atoms with Crippen molar-refractivity contribution in [2.45, 2.75) is 0 Å². The number of nitrogens with zero attached hydrogens (tertiary/aromatic N) is 2. The van der Waals surface area contributed by atoms with Gasteiger partial charge in [-0.15, -0.1) is 0 Å². The van der Waals surface area contributed by atoms with Crippen molar-refractivity contribution in [3.8, 4) is 0 Å². The average Bonchev–Trinajstić information content (AvgIpc) is 2.29. The third-order valence-corrected chi connectivity index (χ3v) is 2.30. The maximum Gasteiger partial charge on any atom is 0.255 e. The smallest absolute Gasteiger partial charge is 0.255 e. The number of amides is 2. The maximum atomic E-state index is 12.6. The van der Waals surface area contributed by atoms with Gasteiger partial charge in [-0.1, -0.05) is 0 Å². The van der Waals surface area contributed by atoms with Crippen molar-refractivity contribution >= 4 is 11.8 Å². The first-order valence-electron chi connectivity index (χ1n) is 4.84. The molecule has 0 atom stereocenters. The highest BCUT2D eigenvalue weighted by Crippen LogP contribution is 2.05. The number of hydrogen-bond donors (Lipinski definition) is 1. The first-order valence-corrected chi connectivity index (χ1v) is 4.84. The van der Waals surface area contributed by atoms with Crippen LogP contribution in [0.3, 0.4) is 0 Å². The van der Waals surface area contributed by atoms with Gasteiger partial charge in [0, 0.05) is 19.3 Å². The number of pyridine rings is 1. The van der Waals surface area contributed by atoms with Gasteiger partial charge >= 0.3 is 0 Å². The number of rotatable bonds is 1. The molecule has 0 radical (unpaired) electrons. The molecule has 1 aromatic rings. The van der Waals surface area contributed by atoms with Crippen molar-refractivity contribution in [3.63, 3.8) is 0 Å². The first kappa shape index (κ1) is 10.5. The predicted octanol–water partition coefficient (Wildman–Crippen LogP) is -0.207. The Morgan fingerprint density at radius 3 is 2.94 bits per heavy atom. The SMILES string of the molecule is O=C1CN(C(=O)c2ccc(F)nc2)CCN1. The molecule has 1 N–H and O–H groups in total. The fourth-order valence-electron chi connectivity index (χ4n) is 1.50. The Balaban J connectivity index is 2.12. The van der Waals surface area contributed by atoms with Crippen LogP contribution in [0.4, 0.5) is 4.39 Å². The lowest BCUT2D eigenvalue weighted by Gasteiger charge is -2.26. The second kappa shape index (κ2) is 4.26. The predicted molar refractivity (Wildman–Crippen MR) is 53.1 cm³/mol. The summed E-state index contributed by atoms with van der Waals surface area (Å²) in [6.07, 6.45) is 1.17. The Labute approximate surface area is 91.3 Å². The van der Waals surface area contributed by atoms with Crippen LogP contribution in [0.2, 0.25) is 0 Å². The van der Waals surface area contributed by atoms with E-state index in [-0.39, 0.29) is 23.9 Å². The van der Waals surface area contributed by atoms with Gasteiger partial charge in [0.25, 0.3) is 5.91 Å². The van der Waals surface area contributed by atoms with E-state index in [1.165, 1.54) is 17.2 Å². The number of halogens is 1.